The van der Waals surface area contributed by atoms with Crippen LogP contribution in [0.1, 0.15) is 10.4 Å². The van der Waals surface area contributed by atoms with E-state index < -0.39 is 0 Å². The number of nitrogen functional groups attached to an aromatic ring is 1. The summed E-state index contributed by atoms with van der Waals surface area (Å²) in [6, 6.07) is 15.8. The third-order valence-corrected chi connectivity index (χ3v) is 5.17. The van der Waals surface area contributed by atoms with Crippen molar-refractivity contribution in [2.75, 3.05) is 30.9 Å². The van der Waals surface area contributed by atoms with Crippen LogP contribution < -0.4 is 20.1 Å². The number of ether oxygens (including phenoxy) is 2. The molecular formula is C22H19N5O3. The van der Waals surface area contributed by atoms with Crippen molar-refractivity contribution < 1.29 is 14.3 Å². The Morgan fingerprint density at radius 3 is 2.87 bits per heavy atom. The molecule has 2 aromatic heterocycles. The fraction of sp³-hybridized carbons (Fsp3) is 0.136. The summed E-state index contributed by atoms with van der Waals surface area (Å²) in [6.07, 6.45) is 3.29. The molecule has 150 valence electrons. The van der Waals surface area contributed by atoms with E-state index in [1.807, 2.05) is 54.7 Å². The van der Waals surface area contributed by atoms with Crippen molar-refractivity contribution in [3.8, 4) is 17.3 Å². The second-order valence-corrected chi connectivity index (χ2v) is 6.87. The standard InChI is InChI=1S/C22H19N5O3/c1-29-17-4-2-3-15(12-17)26-8-7-14-11-16(5-6-18(14)26)27-9-10-30-21-19(22(27)28)20(23)24-13-25-21/h2-8,11-13H,9-10H2,1H3,(H2,23,24,25). The van der Waals surface area contributed by atoms with E-state index in [4.69, 9.17) is 15.2 Å². The molecular weight excluding hydrogens is 382 g/mol. The Balaban J connectivity index is 1.54. The summed E-state index contributed by atoms with van der Waals surface area (Å²) in [4.78, 5) is 22.8. The maximum Gasteiger partial charge on any atom is 0.267 e. The third-order valence-electron chi connectivity index (χ3n) is 5.17. The number of carbonyl (C=O) groups is 1. The van der Waals surface area contributed by atoms with Crippen molar-refractivity contribution in [1.29, 1.82) is 0 Å². The van der Waals surface area contributed by atoms with Crippen molar-refractivity contribution in [2.45, 2.75) is 0 Å². The third kappa shape index (κ3) is 2.89. The fourth-order valence-electron chi connectivity index (χ4n) is 3.69. The lowest BCUT2D eigenvalue weighted by molar-refractivity contribution is 0.0990. The van der Waals surface area contributed by atoms with Crippen molar-refractivity contribution in [3.63, 3.8) is 0 Å². The molecule has 0 aliphatic carbocycles. The predicted octanol–water partition coefficient (Wildman–Crippen LogP) is 3.05. The van der Waals surface area contributed by atoms with Gasteiger partial charge in [0.05, 0.1) is 19.2 Å². The maximum atomic E-state index is 13.2. The summed E-state index contributed by atoms with van der Waals surface area (Å²) in [5.41, 5.74) is 8.91. The number of anilines is 2. The number of fused-ring (bicyclic) bond motifs is 2. The molecule has 1 amide bonds. The van der Waals surface area contributed by atoms with Gasteiger partial charge >= 0.3 is 0 Å². The molecule has 0 spiro atoms. The van der Waals surface area contributed by atoms with Crippen molar-refractivity contribution in [3.05, 3.63) is 66.6 Å². The zero-order valence-electron chi connectivity index (χ0n) is 16.3. The normalized spacial score (nSPS) is 13.6. The lowest BCUT2D eigenvalue weighted by atomic mass is 10.2. The molecule has 0 radical (unpaired) electrons. The zero-order valence-corrected chi connectivity index (χ0v) is 16.3. The molecule has 0 saturated heterocycles. The lowest BCUT2D eigenvalue weighted by Crippen LogP contribution is -2.32. The average molecular weight is 401 g/mol. The van der Waals surface area contributed by atoms with Crippen LogP contribution >= 0.6 is 0 Å². The number of amides is 1. The van der Waals surface area contributed by atoms with Gasteiger partial charge in [-0.3, -0.25) is 4.79 Å². The number of aromatic nitrogens is 3. The Labute approximate surface area is 172 Å². The Bertz CT molecular complexity index is 1270. The van der Waals surface area contributed by atoms with Gasteiger partial charge in [-0.1, -0.05) is 6.07 Å². The number of nitrogens with two attached hydrogens (primary N) is 1. The van der Waals surface area contributed by atoms with E-state index in [0.29, 0.717) is 13.2 Å². The number of carbonyl (C=O) groups excluding carboxylic acids is 1. The molecule has 8 heteroatoms. The van der Waals surface area contributed by atoms with Crippen molar-refractivity contribution >= 4 is 28.3 Å². The number of hydrogen-bond acceptors (Lipinski definition) is 6. The van der Waals surface area contributed by atoms with Crippen LogP contribution in [0.5, 0.6) is 11.6 Å². The first-order chi connectivity index (χ1) is 14.7. The fourth-order valence-corrected chi connectivity index (χ4v) is 3.69. The number of methoxy groups -OCH3 is 1. The summed E-state index contributed by atoms with van der Waals surface area (Å²) in [6.45, 7) is 0.703. The maximum absolute atomic E-state index is 13.2. The van der Waals surface area contributed by atoms with Gasteiger partial charge in [0.2, 0.25) is 5.88 Å². The first kappa shape index (κ1) is 18.0. The van der Waals surface area contributed by atoms with Crippen LogP contribution in [0.25, 0.3) is 16.6 Å². The van der Waals surface area contributed by atoms with Gasteiger partial charge in [0.15, 0.2) is 0 Å². The summed E-state index contributed by atoms with van der Waals surface area (Å²) >= 11 is 0. The van der Waals surface area contributed by atoms with Crippen LogP contribution in [-0.2, 0) is 0 Å². The van der Waals surface area contributed by atoms with Crippen molar-refractivity contribution in [1.82, 2.24) is 14.5 Å². The summed E-state index contributed by atoms with van der Waals surface area (Å²) < 4.78 is 13.0. The van der Waals surface area contributed by atoms with Crippen LogP contribution in [-0.4, -0.2) is 40.7 Å². The largest absolute Gasteiger partial charge is 0.497 e. The number of hydrogen-bond donors (Lipinski definition) is 1. The lowest BCUT2D eigenvalue weighted by Gasteiger charge is -2.20. The molecule has 2 aromatic carbocycles. The Morgan fingerprint density at radius 1 is 1.10 bits per heavy atom. The van der Waals surface area contributed by atoms with Gasteiger partial charge in [-0.05, 0) is 36.4 Å². The molecule has 0 unspecified atom stereocenters. The molecule has 0 fully saturated rings. The topological polar surface area (TPSA) is 95.5 Å². The molecule has 5 rings (SSSR count). The first-order valence-corrected chi connectivity index (χ1v) is 9.46. The molecule has 30 heavy (non-hydrogen) atoms. The Hall–Kier alpha value is -4.07. The van der Waals surface area contributed by atoms with E-state index in [1.165, 1.54) is 6.33 Å². The van der Waals surface area contributed by atoms with Gasteiger partial charge in [-0.2, -0.15) is 0 Å². The van der Waals surface area contributed by atoms with Gasteiger partial charge in [0.25, 0.3) is 5.91 Å². The van der Waals surface area contributed by atoms with E-state index in [-0.39, 0.29) is 23.2 Å². The van der Waals surface area contributed by atoms with Crippen LogP contribution in [0.3, 0.4) is 0 Å². The van der Waals surface area contributed by atoms with Gasteiger partial charge < -0.3 is 24.7 Å². The Kier molecular flexibility index (Phi) is 4.24. The highest BCUT2D eigenvalue weighted by Crippen LogP contribution is 2.31. The molecule has 2 N–H and O–H groups in total. The highest BCUT2D eigenvalue weighted by Gasteiger charge is 2.28. The van der Waals surface area contributed by atoms with Crippen molar-refractivity contribution in [2.24, 2.45) is 0 Å². The van der Waals surface area contributed by atoms with Gasteiger partial charge in [0, 0.05) is 29.0 Å². The second-order valence-electron chi connectivity index (χ2n) is 6.87. The number of benzene rings is 2. The molecule has 1 aliphatic heterocycles. The van der Waals surface area contributed by atoms with Gasteiger partial charge in [-0.25, -0.2) is 9.97 Å². The molecule has 4 aromatic rings. The SMILES string of the molecule is COc1cccc(-n2ccc3cc(N4CCOc5ncnc(N)c5C4=O)ccc32)c1. The smallest absolute Gasteiger partial charge is 0.267 e. The summed E-state index contributed by atoms with van der Waals surface area (Å²) in [5.74, 6) is 0.856. The first-order valence-electron chi connectivity index (χ1n) is 9.46. The molecule has 8 nitrogen and oxygen atoms in total. The minimum absolute atomic E-state index is 0.113. The molecule has 3 heterocycles. The molecule has 0 atom stereocenters. The van der Waals surface area contributed by atoms with Crippen LogP contribution in [0.4, 0.5) is 11.5 Å². The summed E-state index contributed by atoms with van der Waals surface area (Å²) in [5, 5.41) is 1.01. The highest BCUT2D eigenvalue weighted by molar-refractivity contribution is 6.11. The molecule has 0 saturated carbocycles. The summed E-state index contributed by atoms with van der Waals surface area (Å²) in [7, 11) is 1.65. The minimum atomic E-state index is -0.271. The molecule has 0 bridgehead atoms. The second kappa shape index (κ2) is 7.07. The van der Waals surface area contributed by atoms with E-state index in [2.05, 4.69) is 14.5 Å². The molecule has 1 aliphatic rings. The highest BCUT2D eigenvalue weighted by atomic mass is 16.5. The minimum Gasteiger partial charge on any atom is -0.497 e. The number of rotatable bonds is 3. The van der Waals surface area contributed by atoms with Crippen LogP contribution in [0.15, 0.2) is 61.1 Å². The monoisotopic (exact) mass is 401 g/mol. The van der Waals surface area contributed by atoms with E-state index in [9.17, 15) is 4.79 Å². The van der Waals surface area contributed by atoms with E-state index in [0.717, 1.165) is 28.0 Å². The van der Waals surface area contributed by atoms with Gasteiger partial charge in [-0.15, -0.1) is 0 Å². The van der Waals surface area contributed by atoms with Crippen LogP contribution in [0, 0.1) is 0 Å². The number of nitrogens with zero attached hydrogens (tertiary/aromatic N) is 4. The Morgan fingerprint density at radius 2 is 2.00 bits per heavy atom. The van der Waals surface area contributed by atoms with E-state index >= 15 is 0 Å². The predicted molar refractivity (Wildman–Crippen MR) is 113 cm³/mol. The van der Waals surface area contributed by atoms with E-state index in [1.54, 1.807) is 12.0 Å². The quantitative estimate of drug-likeness (QED) is 0.567. The zero-order chi connectivity index (χ0) is 20.7. The van der Waals surface area contributed by atoms with Gasteiger partial charge in [0.1, 0.15) is 30.1 Å². The average Bonchev–Trinajstić information content (AvgIpc) is 3.11. The van der Waals surface area contributed by atoms with Crippen LogP contribution in [0.2, 0.25) is 0 Å².